The summed E-state index contributed by atoms with van der Waals surface area (Å²) in [5, 5.41) is 6.80. The number of likely N-dealkylation sites (N-methyl/N-ethyl adjacent to an activating group) is 1. The Bertz CT molecular complexity index is 1210. The van der Waals surface area contributed by atoms with Crippen LogP contribution in [0.15, 0.2) is 23.6 Å². The SMILES string of the molecule is CCOc1nc(C)c2nc(-c3cncc(F)c3)n(CC3C=NN(CCN4CCN(C)CC4)C3)c2n1. The molecule has 1 atom stereocenters. The standard InChI is InChI=1S/C24H32FN9O/c1-4-35-24-28-17(2)21-23(30-24)34(22(29-21)19-11-20(25)14-26-13-19)16-18-12-27-33(15-18)10-9-32-7-5-31(3)6-8-32/h11-14,18H,4-10,15-16H2,1-3H3. The van der Waals surface area contributed by atoms with Crippen molar-refractivity contribution in [1.29, 1.82) is 0 Å². The van der Waals surface area contributed by atoms with Crippen molar-refractivity contribution in [3.63, 3.8) is 0 Å². The first-order chi connectivity index (χ1) is 17.0. The number of ether oxygens (including phenoxy) is 1. The Morgan fingerprint density at radius 1 is 1.09 bits per heavy atom. The van der Waals surface area contributed by atoms with Crippen molar-refractivity contribution in [3.8, 4) is 17.4 Å². The van der Waals surface area contributed by atoms with Gasteiger partial charge in [-0.3, -0.25) is 14.9 Å². The van der Waals surface area contributed by atoms with E-state index in [2.05, 4.69) is 41.9 Å². The summed E-state index contributed by atoms with van der Waals surface area (Å²) in [7, 11) is 2.17. The van der Waals surface area contributed by atoms with Crippen molar-refractivity contribution in [2.75, 3.05) is 59.5 Å². The van der Waals surface area contributed by atoms with Gasteiger partial charge < -0.3 is 14.2 Å². The summed E-state index contributed by atoms with van der Waals surface area (Å²) in [5.74, 6) is 0.379. The number of nitrogens with zero attached hydrogens (tertiary/aromatic N) is 9. The van der Waals surface area contributed by atoms with Gasteiger partial charge in [-0.15, -0.1) is 0 Å². The van der Waals surface area contributed by atoms with Crippen LogP contribution in [0.3, 0.4) is 0 Å². The van der Waals surface area contributed by atoms with Crippen molar-refractivity contribution >= 4 is 17.4 Å². The lowest BCUT2D eigenvalue weighted by Gasteiger charge is -2.33. The van der Waals surface area contributed by atoms with Crippen LogP contribution in [0.4, 0.5) is 4.39 Å². The molecule has 0 spiro atoms. The van der Waals surface area contributed by atoms with Crippen LogP contribution >= 0.6 is 0 Å². The molecule has 0 radical (unpaired) electrons. The predicted octanol–water partition coefficient (Wildman–Crippen LogP) is 1.90. The van der Waals surface area contributed by atoms with E-state index >= 15 is 0 Å². The largest absolute Gasteiger partial charge is 0.464 e. The van der Waals surface area contributed by atoms with Crippen LogP contribution in [-0.4, -0.2) is 105 Å². The van der Waals surface area contributed by atoms with E-state index in [0.717, 1.165) is 51.5 Å². The third-order valence-electron chi connectivity index (χ3n) is 6.56. The van der Waals surface area contributed by atoms with Crippen LogP contribution in [0.5, 0.6) is 6.01 Å². The molecule has 2 aliphatic heterocycles. The van der Waals surface area contributed by atoms with E-state index in [-0.39, 0.29) is 5.92 Å². The topological polar surface area (TPSA) is 87.8 Å². The molecule has 10 nitrogen and oxygen atoms in total. The summed E-state index contributed by atoms with van der Waals surface area (Å²) in [5.41, 5.74) is 2.66. The summed E-state index contributed by atoms with van der Waals surface area (Å²) in [6.07, 6.45) is 4.82. The molecule has 0 aromatic carbocycles. The number of halogens is 1. The van der Waals surface area contributed by atoms with Crippen molar-refractivity contribution in [3.05, 3.63) is 30.0 Å². The monoisotopic (exact) mass is 481 g/mol. The lowest BCUT2D eigenvalue weighted by molar-refractivity contribution is 0.136. The van der Waals surface area contributed by atoms with E-state index in [1.54, 1.807) is 6.20 Å². The van der Waals surface area contributed by atoms with E-state index in [4.69, 9.17) is 9.72 Å². The number of rotatable bonds is 8. The molecule has 3 aromatic rings. The van der Waals surface area contributed by atoms with Crippen molar-refractivity contribution < 1.29 is 9.13 Å². The van der Waals surface area contributed by atoms with Gasteiger partial charge in [-0.25, -0.2) is 9.37 Å². The van der Waals surface area contributed by atoms with E-state index in [0.29, 0.717) is 41.7 Å². The van der Waals surface area contributed by atoms with E-state index < -0.39 is 5.82 Å². The van der Waals surface area contributed by atoms with Gasteiger partial charge in [0.2, 0.25) is 0 Å². The smallest absolute Gasteiger partial charge is 0.318 e. The zero-order valence-corrected chi connectivity index (χ0v) is 20.6. The van der Waals surface area contributed by atoms with Gasteiger partial charge in [0.15, 0.2) is 5.65 Å². The molecule has 5 rings (SSSR count). The van der Waals surface area contributed by atoms with Gasteiger partial charge in [-0.05, 0) is 27.0 Å². The Hall–Kier alpha value is -3.18. The number of fused-ring (bicyclic) bond motifs is 1. The molecule has 35 heavy (non-hydrogen) atoms. The molecule has 1 fully saturated rings. The summed E-state index contributed by atoms with van der Waals surface area (Å²) in [4.78, 5) is 22.8. The maximum absolute atomic E-state index is 14.0. The van der Waals surface area contributed by atoms with Gasteiger partial charge in [-0.2, -0.15) is 15.1 Å². The van der Waals surface area contributed by atoms with Gasteiger partial charge in [0.25, 0.3) is 0 Å². The van der Waals surface area contributed by atoms with Crippen LogP contribution in [-0.2, 0) is 6.54 Å². The van der Waals surface area contributed by atoms with Gasteiger partial charge in [-0.1, -0.05) is 0 Å². The fraction of sp³-hybridized carbons (Fsp3) is 0.542. The summed E-state index contributed by atoms with van der Waals surface area (Å²) < 4.78 is 21.6. The van der Waals surface area contributed by atoms with Crippen molar-refractivity contribution in [2.24, 2.45) is 11.0 Å². The zero-order valence-electron chi connectivity index (χ0n) is 20.6. The molecule has 2 aliphatic rings. The van der Waals surface area contributed by atoms with E-state index in [1.807, 2.05) is 24.6 Å². The van der Waals surface area contributed by atoms with Crippen LogP contribution in [0.25, 0.3) is 22.6 Å². The predicted molar refractivity (Wildman–Crippen MR) is 132 cm³/mol. The van der Waals surface area contributed by atoms with Gasteiger partial charge in [0, 0.05) is 76.3 Å². The fourth-order valence-corrected chi connectivity index (χ4v) is 4.60. The number of hydrogen-bond donors (Lipinski definition) is 0. The fourth-order valence-electron chi connectivity index (χ4n) is 4.60. The van der Waals surface area contributed by atoms with Gasteiger partial charge >= 0.3 is 6.01 Å². The van der Waals surface area contributed by atoms with E-state index in [9.17, 15) is 4.39 Å². The number of imidazole rings is 1. The quantitative estimate of drug-likeness (QED) is 0.482. The van der Waals surface area contributed by atoms with Gasteiger partial charge in [0.05, 0.1) is 18.5 Å². The molecule has 3 aromatic heterocycles. The van der Waals surface area contributed by atoms with Gasteiger partial charge in [0.1, 0.15) is 17.2 Å². The minimum atomic E-state index is -0.406. The van der Waals surface area contributed by atoms with Crippen molar-refractivity contribution in [1.82, 2.24) is 39.3 Å². The highest BCUT2D eigenvalue weighted by Crippen LogP contribution is 2.28. The molecule has 186 valence electrons. The third-order valence-corrected chi connectivity index (χ3v) is 6.56. The average molecular weight is 482 g/mol. The highest BCUT2D eigenvalue weighted by atomic mass is 19.1. The minimum absolute atomic E-state index is 0.172. The van der Waals surface area contributed by atoms with Crippen LogP contribution in [0.1, 0.15) is 12.6 Å². The number of hydrazone groups is 1. The Balaban J connectivity index is 1.37. The maximum atomic E-state index is 14.0. The summed E-state index contributed by atoms with van der Waals surface area (Å²) >= 11 is 0. The number of aromatic nitrogens is 5. The second-order valence-corrected chi connectivity index (χ2v) is 9.22. The Kier molecular flexibility index (Phi) is 6.87. The summed E-state index contributed by atoms with van der Waals surface area (Å²) in [6, 6.07) is 1.76. The molecule has 0 amide bonds. The third kappa shape index (κ3) is 5.25. The molecule has 1 saturated heterocycles. The molecule has 0 bridgehead atoms. The van der Waals surface area contributed by atoms with E-state index in [1.165, 1.54) is 12.3 Å². The van der Waals surface area contributed by atoms with Crippen LogP contribution in [0, 0.1) is 18.7 Å². The molecule has 5 heterocycles. The number of pyridine rings is 1. The Morgan fingerprint density at radius 2 is 1.91 bits per heavy atom. The molecule has 11 heteroatoms. The normalized spacial score (nSPS) is 19.2. The molecular weight excluding hydrogens is 449 g/mol. The molecule has 1 unspecified atom stereocenters. The van der Waals surface area contributed by atoms with Crippen molar-refractivity contribution in [2.45, 2.75) is 20.4 Å². The first-order valence-electron chi connectivity index (χ1n) is 12.2. The highest BCUT2D eigenvalue weighted by Gasteiger charge is 2.24. The number of hydrogen-bond acceptors (Lipinski definition) is 9. The Morgan fingerprint density at radius 3 is 2.69 bits per heavy atom. The highest BCUT2D eigenvalue weighted by molar-refractivity contribution is 5.79. The molecule has 0 N–H and O–H groups in total. The second kappa shape index (κ2) is 10.2. The minimum Gasteiger partial charge on any atom is -0.464 e. The molecular formula is C24H32FN9O. The second-order valence-electron chi connectivity index (χ2n) is 9.22. The number of piperazine rings is 1. The first-order valence-corrected chi connectivity index (χ1v) is 12.2. The Labute approximate surface area is 204 Å². The number of aryl methyl sites for hydroxylation is 1. The van der Waals surface area contributed by atoms with Crippen LogP contribution < -0.4 is 4.74 Å². The lowest BCUT2D eigenvalue weighted by Crippen LogP contribution is -2.46. The summed E-state index contributed by atoms with van der Waals surface area (Å²) in [6.45, 7) is 12.0. The lowest BCUT2D eigenvalue weighted by atomic mass is 10.1. The van der Waals surface area contributed by atoms with Crippen LogP contribution in [0.2, 0.25) is 0 Å². The molecule has 0 saturated carbocycles. The molecule has 0 aliphatic carbocycles. The zero-order chi connectivity index (χ0) is 24.4. The average Bonchev–Trinajstić information content (AvgIpc) is 3.44. The first kappa shape index (κ1) is 23.6. The maximum Gasteiger partial charge on any atom is 0.318 e.